The van der Waals surface area contributed by atoms with Crippen molar-refractivity contribution in [3.05, 3.63) is 35.9 Å². The molecule has 0 unspecified atom stereocenters. The van der Waals surface area contributed by atoms with E-state index in [4.69, 9.17) is 52.1 Å². The fourth-order valence-electron chi connectivity index (χ4n) is 12.8. The third-order valence-corrected chi connectivity index (χ3v) is 19.0. The molecule has 0 spiro atoms. The van der Waals surface area contributed by atoms with Crippen LogP contribution in [0.4, 0.5) is 0 Å². The summed E-state index contributed by atoms with van der Waals surface area (Å²) in [4.78, 5) is 115. The van der Waals surface area contributed by atoms with Gasteiger partial charge in [0.2, 0.25) is 12.4 Å². The maximum absolute atomic E-state index is 14.9. The van der Waals surface area contributed by atoms with Crippen LogP contribution in [-0.4, -0.2) is 122 Å². The molecule has 1 aromatic rings. The lowest BCUT2D eigenvalue weighted by molar-refractivity contribution is -0.357. The zero-order valence-corrected chi connectivity index (χ0v) is 64.0. The molecule has 101 heavy (non-hydrogen) atoms. The van der Waals surface area contributed by atoms with Crippen molar-refractivity contribution in [3.8, 4) is 0 Å². The van der Waals surface area contributed by atoms with Crippen LogP contribution >= 0.6 is 0 Å². The van der Waals surface area contributed by atoms with Crippen LogP contribution in [0.15, 0.2) is 30.3 Å². The van der Waals surface area contributed by atoms with Crippen molar-refractivity contribution in [1.29, 1.82) is 0 Å². The van der Waals surface area contributed by atoms with Gasteiger partial charge in [0.1, 0.15) is 31.5 Å². The first kappa shape index (κ1) is 90.1. The predicted molar refractivity (Wildman–Crippen MR) is 391 cm³/mol. The first-order chi connectivity index (χ1) is 49.2. The van der Waals surface area contributed by atoms with Crippen molar-refractivity contribution >= 4 is 47.8 Å². The van der Waals surface area contributed by atoms with Crippen LogP contribution in [0, 0.1) is 0 Å². The highest BCUT2D eigenvalue weighted by molar-refractivity contribution is 5.89. The summed E-state index contributed by atoms with van der Waals surface area (Å²) in [6, 6.07) is 8.10. The van der Waals surface area contributed by atoms with E-state index in [0.717, 1.165) is 218 Å². The van der Waals surface area contributed by atoms with Crippen LogP contribution in [-0.2, 0) is 85.7 Å². The summed E-state index contributed by atoms with van der Waals surface area (Å²) in [5.41, 5.74) is 0.0923. The van der Waals surface area contributed by atoms with E-state index in [-0.39, 0.29) is 50.5 Å². The summed E-state index contributed by atoms with van der Waals surface area (Å²) in [7, 11) is 0. The number of carbonyl (C=O) groups is 8. The lowest BCUT2D eigenvalue weighted by Gasteiger charge is -2.48. The minimum absolute atomic E-state index is 0.00913. The quantitative estimate of drug-likeness (QED) is 0.0335. The summed E-state index contributed by atoms with van der Waals surface area (Å²) in [5.74, 6) is -5.48. The Labute approximate surface area is 609 Å². The second-order valence-corrected chi connectivity index (χ2v) is 28.2. The molecule has 3 rings (SSSR count). The van der Waals surface area contributed by atoms with E-state index in [1.54, 1.807) is 18.2 Å². The summed E-state index contributed by atoms with van der Waals surface area (Å²) in [5, 5.41) is 0. The number of esters is 8. The van der Waals surface area contributed by atoms with E-state index >= 15 is 0 Å². The fraction of sp³-hybridized carbons (Fsp3) is 0.829. The Hall–Kier alpha value is -5.14. The molecule has 2 heterocycles. The number of hydrogen-bond acceptors (Lipinski definition) is 19. The van der Waals surface area contributed by atoms with Crippen molar-refractivity contribution in [3.63, 3.8) is 0 Å². The van der Waals surface area contributed by atoms with Gasteiger partial charge in [-0.2, -0.15) is 0 Å². The van der Waals surface area contributed by atoms with E-state index in [1.165, 1.54) is 12.1 Å². The molecular formula is C82H138O19. The first-order valence-electron chi connectivity index (χ1n) is 40.7. The molecule has 2 aliphatic heterocycles. The van der Waals surface area contributed by atoms with Gasteiger partial charge in [0.15, 0.2) is 30.7 Å². The first-order valence-corrected chi connectivity index (χ1v) is 40.7. The van der Waals surface area contributed by atoms with Gasteiger partial charge in [-0.25, -0.2) is 4.79 Å². The van der Waals surface area contributed by atoms with E-state index in [2.05, 4.69) is 48.5 Å². The van der Waals surface area contributed by atoms with Gasteiger partial charge in [0.05, 0.1) is 5.56 Å². The molecule has 0 saturated carbocycles. The molecule has 0 N–H and O–H groups in total. The highest BCUT2D eigenvalue weighted by Gasteiger charge is 2.59. The Bertz CT molecular complexity index is 2330. The standard InChI is InChI=1S/C82H138O19/c1-8-15-22-29-36-46-55-67(83)91-62-65-74(95-69(85)57-48-38-31-24-17-10-3)76(96-70(86)58-49-39-32-25-18-11-4)78(97-71(87)59-50-40-33-26-19-12-5)82(94-65)101-75-66(63-92-68(84)56-47-37-30-23-16-9-2)93-81(99-73(89)61-52-42-35-28-21-14-7)79(98-72(88)60-51-41-34-27-20-13-6)77(75)100-80(90)64-53-44-43-45-54-64/h43-45,53-54,65-66,74-79,81-82H,8-42,46-52,55-63H2,1-7H3/t65-,66-,74-,75-,76+,77+,78-,79-,81+,82+/m1/s1. The molecule has 2 aliphatic rings. The van der Waals surface area contributed by atoms with Crippen LogP contribution in [0.1, 0.15) is 373 Å². The van der Waals surface area contributed by atoms with Crippen LogP contribution < -0.4 is 0 Å². The molecule has 10 atom stereocenters. The average molecular weight is 1430 g/mol. The number of benzene rings is 1. The normalized spacial score (nSPS) is 20.3. The summed E-state index contributed by atoms with van der Waals surface area (Å²) < 4.78 is 71.8. The Morgan fingerprint density at radius 2 is 0.525 bits per heavy atom. The summed E-state index contributed by atoms with van der Waals surface area (Å²) >= 11 is 0. The maximum Gasteiger partial charge on any atom is 0.338 e. The Morgan fingerprint density at radius 1 is 0.267 bits per heavy atom. The SMILES string of the molecule is CCCCCCCCC(=O)OC[C@H]1O[C@@H](O[C@H]2[C@H](OC(=O)c3ccccc3)[C@@H](OC(=O)CCCCCCCC)[C@H](OC(=O)CCCCCCCC)O[C@@H]2COC(=O)CCCCCCCC)[C@H](OC(=O)CCCCCCCC)[C@@H](OC(=O)CCCCCCCC)[C@@H]1OC(=O)CCCCCCCC. The van der Waals surface area contributed by atoms with Gasteiger partial charge in [-0.1, -0.05) is 291 Å². The second kappa shape index (κ2) is 59.2. The zero-order chi connectivity index (χ0) is 73.3. The van der Waals surface area contributed by atoms with Crippen LogP contribution in [0.5, 0.6) is 0 Å². The lowest BCUT2D eigenvalue weighted by Crippen LogP contribution is -2.67. The van der Waals surface area contributed by atoms with Crippen molar-refractivity contribution in [2.75, 3.05) is 13.2 Å². The van der Waals surface area contributed by atoms with E-state index in [9.17, 15) is 38.4 Å². The smallest absolute Gasteiger partial charge is 0.338 e. The topological polar surface area (TPSA) is 238 Å². The molecule has 19 heteroatoms. The molecular weight excluding hydrogens is 1290 g/mol. The second-order valence-electron chi connectivity index (χ2n) is 28.2. The van der Waals surface area contributed by atoms with Gasteiger partial charge in [0, 0.05) is 44.9 Å². The lowest BCUT2D eigenvalue weighted by atomic mass is 9.95. The van der Waals surface area contributed by atoms with Gasteiger partial charge in [0.25, 0.3) is 0 Å². The Kier molecular flexibility index (Phi) is 52.8. The minimum atomic E-state index is -1.88. The molecule has 1 aromatic carbocycles. The predicted octanol–water partition coefficient (Wildman–Crippen LogP) is 19.6. The maximum atomic E-state index is 14.9. The number of rotatable bonds is 62. The highest BCUT2D eigenvalue weighted by Crippen LogP contribution is 2.37. The third kappa shape index (κ3) is 41.2. The molecule has 2 saturated heterocycles. The van der Waals surface area contributed by atoms with E-state index in [1.807, 2.05) is 0 Å². The average Bonchev–Trinajstić information content (AvgIpc) is 0.766. The molecule has 0 aliphatic carbocycles. The largest absolute Gasteiger partial charge is 0.463 e. The van der Waals surface area contributed by atoms with E-state index < -0.39 is 122 Å². The Balaban J connectivity index is 2.43. The number of hydrogen-bond donors (Lipinski definition) is 0. The van der Waals surface area contributed by atoms with Crippen LogP contribution in [0.3, 0.4) is 0 Å². The zero-order valence-electron chi connectivity index (χ0n) is 64.0. The van der Waals surface area contributed by atoms with E-state index in [0.29, 0.717) is 51.4 Å². The van der Waals surface area contributed by atoms with Gasteiger partial charge < -0.3 is 52.1 Å². The summed E-state index contributed by atoms with van der Waals surface area (Å²) in [6.45, 7) is 13.8. The third-order valence-electron chi connectivity index (χ3n) is 19.0. The van der Waals surface area contributed by atoms with Crippen molar-refractivity contribution in [2.45, 2.75) is 424 Å². The highest BCUT2D eigenvalue weighted by atomic mass is 16.8. The van der Waals surface area contributed by atoms with Crippen LogP contribution in [0.2, 0.25) is 0 Å². The minimum Gasteiger partial charge on any atom is -0.463 e. The van der Waals surface area contributed by atoms with Crippen molar-refractivity contribution < 1.29 is 90.5 Å². The molecule has 580 valence electrons. The monoisotopic (exact) mass is 1430 g/mol. The van der Waals surface area contributed by atoms with Gasteiger partial charge >= 0.3 is 47.8 Å². The van der Waals surface area contributed by atoms with Gasteiger partial charge in [-0.15, -0.1) is 0 Å². The fourth-order valence-corrected chi connectivity index (χ4v) is 12.8. The van der Waals surface area contributed by atoms with Gasteiger partial charge in [-0.3, -0.25) is 33.6 Å². The molecule has 0 bridgehead atoms. The number of carbonyl (C=O) groups excluding carboxylic acids is 8. The van der Waals surface area contributed by atoms with Crippen molar-refractivity contribution in [2.24, 2.45) is 0 Å². The van der Waals surface area contributed by atoms with Crippen LogP contribution in [0.25, 0.3) is 0 Å². The Morgan fingerprint density at radius 3 is 0.871 bits per heavy atom. The molecule has 0 radical (unpaired) electrons. The molecule has 2 fully saturated rings. The molecule has 0 amide bonds. The van der Waals surface area contributed by atoms with Gasteiger partial charge in [-0.05, 0) is 57.1 Å². The molecule has 19 nitrogen and oxygen atoms in total. The summed E-state index contributed by atoms with van der Waals surface area (Å²) in [6.07, 6.45) is 19.9. The molecule has 0 aromatic heterocycles. The van der Waals surface area contributed by atoms with Crippen molar-refractivity contribution in [1.82, 2.24) is 0 Å². The number of unbranched alkanes of at least 4 members (excludes halogenated alkanes) is 35. The number of ether oxygens (including phenoxy) is 11.